The molecule has 1 aromatic heterocycles. The van der Waals surface area contributed by atoms with Crippen LogP contribution < -0.4 is 4.74 Å². The molecule has 4 nitrogen and oxygen atoms in total. The average molecular weight is 258 g/mol. The van der Waals surface area contributed by atoms with E-state index in [2.05, 4.69) is 0 Å². The van der Waals surface area contributed by atoms with Crippen molar-refractivity contribution in [1.82, 2.24) is 0 Å². The fourth-order valence-corrected chi connectivity index (χ4v) is 1.84. The number of benzene rings is 1. The molecule has 4 heteroatoms. The maximum Gasteiger partial charge on any atom is 0.336 e. The molecule has 0 bridgehead atoms. The van der Waals surface area contributed by atoms with Gasteiger partial charge in [0.15, 0.2) is 0 Å². The first-order chi connectivity index (χ1) is 9.11. The minimum atomic E-state index is -0.996. The smallest absolute Gasteiger partial charge is 0.336 e. The Morgan fingerprint density at radius 3 is 2.68 bits per heavy atom. The number of carboxylic acids is 1. The molecule has 1 aromatic carbocycles. The molecule has 98 valence electrons. The van der Waals surface area contributed by atoms with Crippen LogP contribution in [0.1, 0.15) is 16.9 Å². The highest BCUT2D eigenvalue weighted by atomic mass is 16.5. The maximum absolute atomic E-state index is 11.4. The van der Waals surface area contributed by atoms with Crippen LogP contribution in [0.25, 0.3) is 11.6 Å². The van der Waals surface area contributed by atoms with Crippen LogP contribution in [0.5, 0.6) is 5.75 Å². The second kappa shape index (κ2) is 5.44. The number of hydrogen-bond acceptors (Lipinski definition) is 3. The van der Waals surface area contributed by atoms with E-state index in [1.165, 1.54) is 12.3 Å². The number of carbonyl (C=O) groups is 1. The van der Waals surface area contributed by atoms with Gasteiger partial charge in [-0.1, -0.05) is 6.07 Å². The molecular formula is C15H14O4. The van der Waals surface area contributed by atoms with Crippen molar-refractivity contribution in [2.75, 3.05) is 7.11 Å². The van der Waals surface area contributed by atoms with Crippen molar-refractivity contribution in [3.05, 3.63) is 53.5 Å². The van der Waals surface area contributed by atoms with Crippen molar-refractivity contribution in [3.63, 3.8) is 0 Å². The van der Waals surface area contributed by atoms with Gasteiger partial charge in [-0.2, -0.15) is 0 Å². The summed E-state index contributed by atoms with van der Waals surface area (Å²) < 4.78 is 10.3. The molecule has 0 unspecified atom stereocenters. The first-order valence-electron chi connectivity index (χ1n) is 5.75. The Morgan fingerprint density at radius 1 is 1.37 bits per heavy atom. The quantitative estimate of drug-likeness (QED) is 0.855. The lowest BCUT2D eigenvalue weighted by molar-refractivity contribution is -0.130. The van der Waals surface area contributed by atoms with Gasteiger partial charge in [0.25, 0.3) is 0 Å². The molecule has 2 rings (SSSR count). The predicted octanol–water partition coefficient (Wildman–Crippen LogP) is 3.22. The molecule has 0 aliphatic carbocycles. The first kappa shape index (κ1) is 13.0. The molecule has 0 aliphatic rings. The highest BCUT2D eigenvalue weighted by Crippen LogP contribution is 2.25. The van der Waals surface area contributed by atoms with Crippen molar-refractivity contribution in [3.8, 4) is 5.75 Å². The monoisotopic (exact) mass is 258 g/mol. The molecule has 0 saturated heterocycles. The lowest BCUT2D eigenvalue weighted by atomic mass is 9.99. The van der Waals surface area contributed by atoms with Crippen LogP contribution in [-0.2, 0) is 4.79 Å². The van der Waals surface area contributed by atoms with Crippen LogP contribution in [-0.4, -0.2) is 18.2 Å². The van der Waals surface area contributed by atoms with Crippen LogP contribution >= 0.6 is 0 Å². The third-order valence-electron chi connectivity index (χ3n) is 2.78. The van der Waals surface area contributed by atoms with Crippen LogP contribution in [0.4, 0.5) is 0 Å². The molecule has 0 saturated carbocycles. The second-order valence-electron chi connectivity index (χ2n) is 4.06. The highest BCUT2D eigenvalue weighted by molar-refractivity contribution is 6.20. The summed E-state index contributed by atoms with van der Waals surface area (Å²) in [4.78, 5) is 11.4. The maximum atomic E-state index is 11.4. The van der Waals surface area contributed by atoms with Crippen molar-refractivity contribution in [1.29, 1.82) is 0 Å². The van der Waals surface area contributed by atoms with E-state index in [-0.39, 0.29) is 5.57 Å². The van der Waals surface area contributed by atoms with Gasteiger partial charge >= 0.3 is 5.97 Å². The van der Waals surface area contributed by atoms with Gasteiger partial charge in [-0.15, -0.1) is 0 Å². The Hall–Kier alpha value is -2.49. The number of methoxy groups -OCH3 is 1. The summed E-state index contributed by atoms with van der Waals surface area (Å²) in [6.45, 7) is 1.84. The number of aliphatic carboxylic acids is 1. The van der Waals surface area contributed by atoms with Crippen molar-refractivity contribution < 1.29 is 19.1 Å². The van der Waals surface area contributed by atoms with Gasteiger partial charge in [0.2, 0.25) is 0 Å². The zero-order valence-corrected chi connectivity index (χ0v) is 10.7. The lowest BCUT2D eigenvalue weighted by Gasteiger charge is -2.08. The normalized spacial score (nSPS) is 11.4. The van der Waals surface area contributed by atoms with E-state index >= 15 is 0 Å². The standard InChI is InChI=1S/C15H14O4/c1-10-8-11(18-2)5-6-13(10)14(15(16)17)9-12-4-3-7-19-12/h3-9H,1-2H3,(H,16,17)/b14-9-. The topological polar surface area (TPSA) is 59.7 Å². The summed E-state index contributed by atoms with van der Waals surface area (Å²) in [5, 5.41) is 9.34. The fourth-order valence-electron chi connectivity index (χ4n) is 1.84. The summed E-state index contributed by atoms with van der Waals surface area (Å²) in [5.74, 6) is 0.210. The predicted molar refractivity (Wildman–Crippen MR) is 71.9 cm³/mol. The summed E-state index contributed by atoms with van der Waals surface area (Å²) in [6, 6.07) is 8.69. The number of furan rings is 1. The molecule has 19 heavy (non-hydrogen) atoms. The fraction of sp³-hybridized carbons (Fsp3) is 0.133. The van der Waals surface area contributed by atoms with Crippen LogP contribution in [0.3, 0.4) is 0 Å². The van der Waals surface area contributed by atoms with Gasteiger partial charge < -0.3 is 14.3 Å². The molecule has 0 aliphatic heterocycles. The number of aryl methyl sites for hydroxylation is 1. The van der Waals surface area contributed by atoms with E-state index in [0.717, 1.165) is 5.56 Å². The Bertz CT molecular complexity index is 609. The van der Waals surface area contributed by atoms with E-state index in [1.54, 1.807) is 37.4 Å². The van der Waals surface area contributed by atoms with Crippen LogP contribution in [0.2, 0.25) is 0 Å². The number of hydrogen-bond donors (Lipinski definition) is 1. The number of rotatable bonds is 4. The van der Waals surface area contributed by atoms with E-state index in [1.807, 2.05) is 6.92 Å². The molecule has 0 atom stereocenters. The minimum absolute atomic E-state index is 0.190. The summed E-state index contributed by atoms with van der Waals surface area (Å²) in [6.07, 6.45) is 3.02. The van der Waals surface area contributed by atoms with Gasteiger partial charge in [-0.05, 0) is 48.4 Å². The molecule has 0 fully saturated rings. The largest absolute Gasteiger partial charge is 0.497 e. The Morgan fingerprint density at radius 2 is 2.16 bits per heavy atom. The molecular weight excluding hydrogens is 244 g/mol. The summed E-state index contributed by atoms with van der Waals surface area (Å²) in [7, 11) is 1.57. The van der Waals surface area contributed by atoms with Gasteiger partial charge in [-0.3, -0.25) is 0 Å². The Labute approximate surface area is 110 Å². The molecule has 2 aromatic rings. The Kier molecular flexibility index (Phi) is 3.71. The van der Waals surface area contributed by atoms with Crippen LogP contribution in [0, 0.1) is 6.92 Å². The third kappa shape index (κ3) is 2.85. The minimum Gasteiger partial charge on any atom is -0.497 e. The van der Waals surface area contributed by atoms with E-state index in [9.17, 15) is 9.90 Å². The average Bonchev–Trinajstić information content (AvgIpc) is 2.89. The van der Waals surface area contributed by atoms with Gasteiger partial charge in [0, 0.05) is 0 Å². The van der Waals surface area contributed by atoms with E-state index in [4.69, 9.17) is 9.15 Å². The highest BCUT2D eigenvalue weighted by Gasteiger charge is 2.14. The molecule has 1 heterocycles. The van der Waals surface area contributed by atoms with Gasteiger partial charge in [0.05, 0.1) is 18.9 Å². The number of carboxylic acid groups (broad SMARTS) is 1. The molecule has 0 amide bonds. The number of ether oxygens (including phenoxy) is 1. The molecule has 1 N–H and O–H groups in total. The Balaban J connectivity index is 2.49. The van der Waals surface area contributed by atoms with E-state index < -0.39 is 5.97 Å². The third-order valence-corrected chi connectivity index (χ3v) is 2.78. The first-order valence-corrected chi connectivity index (χ1v) is 5.75. The van der Waals surface area contributed by atoms with Crippen LogP contribution in [0.15, 0.2) is 41.0 Å². The SMILES string of the molecule is COc1ccc(/C(=C/c2ccco2)C(=O)O)c(C)c1. The summed E-state index contributed by atoms with van der Waals surface area (Å²) in [5.41, 5.74) is 1.67. The lowest BCUT2D eigenvalue weighted by Crippen LogP contribution is -2.01. The van der Waals surface area contributed by atoms with Crippen molar-refractivity contribution >= 4 is 17.6 Å². The van der Waals surface area contributed by atoms with Gasteiger partial charge in [0.1, 0.15) is 11.5 Å². The zero-order valence-electron chi connectivity index (χ0n) is 10.7. The second-order valence-corrected chi connectivity index (χ2v) is 4.06. The van der Waals surface area contributed by atoms with Gasteiger partial charge in [-0.25, -0.2) is 4.79 Å². The molecule has 0 radical (unpaired) electrons. The zero-order chi connectivity index (χ0) is 13.8. The summed E-state index contributed by atoms with van der Waals surface area (Å²) >= 11 is 0. The van der Waals surface area contributed by atoms with E-state index in [0.29, 0.717) is 17.1 Å². The van der Waals surface area contributed by atoms with Crippen molar-refractivity contribution in [2.45, 2.75) is 6.92 Å². The molecule has 0 spiro atoms. The van der Waals surface area contributed by atoms with Crippen molar-refractivity contribution in [2.24, 2.45) is 0 Å².